The molecule has 0 aliphatic carbocycles. The molecule has 0 radical (unpaired) electrons. The van der Waals surface area contributed by atoms with Crippen molar-refractivity contribution in [3.05, 3.63) is 59.4 Å². The summed E-state index contributed by atoms with van der Waals surface area (Å²) >= 11 is 5.89. The Bertz CT molecular complexity index is 922. The number of carbonyl (C=O) groups is 2. The molecule has 0 aliphatic rings. The van der Waals surface area contributed by atoms with Crippen LogP contribution < -0.4 is 5.32 Å². The van der Waals surface area contributed by atoms with Gasteiger partial charge in [-0.15, -0.1) is 0 Å². The summed E-state index contributed by atoms with van der Waals surface area (Å²) in [5.41, 5.74) is 1.95. The number of fused-ring (bicyclic) bond motifs is 1. The molecule has 1 aromatic heterocycles. The van der Waals surface area contributed by atoms with Gasteiger partial charge >= 0.3 is 5.97 Å². The number of halogens is 1. The number of carbonyl (C=O) groups excluding carboxylic acids is 2. The first kappa shape index (κ1) is 17.0. The average molecular weight is 359 g/mol. The first-order chi connectivity index (χ1) is 12.1. The zero-order valence-corrected chi connectivity index (χ0v) is 14.1. The molecule has 3 rings (SSSR count). The van der Waals surface area contributed by atoms with Crippen LogP contribution in [0.4, 0.5) is 5.69 Å². The van der Waals surface area contributed by atoms with Gasteiger partial charge in [-0.2, -0.15) is 0 Å². The number of nitrogens with zero attached hydrogens (tertiary/aromatic N) is 1. The lowest BCUT2D eigenvalue weighted by molar-refractivity contribution is -0.124. The van der Waals surface area contributed by atoms with Gasteiger partial charge < -0.3 is 14.5 Å². The maximum absolute atomic E-state index is 12.3. The molecule has 0 saturated carbocycles. The molecule has 2 aromatic carbocycles. The normalized spacial score (nSPS) is 11.9. The largest absolute Gasteiger partial charge is 0.449 e. The summed E-state index contributed by atoms with van der Waals surface area (Å²) in [7, 11) is 0. The van der Waals surface area contributed by atoms with E-state index >= 15 is 0 Å². The van der Waals surface area contributed by atoms with Crippen LogP contribution in [0.25, 0.3) is 11.1 Å². The van der Waals surface area contributed by atoms with Crippen molar-refractivity contribution >= 4 is 40.3 Å². The van der Waals surface area contributed by atoms with Crippen LogP contribution in [-0.4, -0.2) is 23.0 Å². The minimum atomic E-state index is -0.920. The average Bonchev–Trinajstić information content (AvgIpc) is 3.07. The van der Waals surface area contributed by atoms with Crippen LogP contribution in [0.15, 0.2) is 53.3 Å². The van der Waals surface area contributed by atoms with Crippen molar-refractivity contribution in [1.29, 1.82) is 0 Å². The molecule has 0 aliphatic heterocycles. The van der Waals surface area contributed by atoms with E-state index in [9.17, 15) is 9.59 Å². The van der Waals surface area contributed by atoms with Crippen LogP contribution in [0.2, 0.25) is 5.02 Å². The Hall–Kier alpha value is -2.86. The van der Waals surface area contributed by atoms with Crippen LogP contribution in [0.1, 0.15) is 23.7 Å². The molecule has 6 nitrogen and oxygen atoms in total. The van der Waals surface area contributed by atoms with Gasteiger partial charge in [-0.3, -0.25) is 4.79 Å². The molecule has 3 aromatic rings. The fourth-order valence-electron chi connectivity index (χ4n) is 2.29. The molecule has 1 unspecified atom stereocenters. The smallest absolute Gasteiger partial charge is 0.339 e. The maximum atomic E-state index is 12.3. The van der Waals surface area contributed by atoms with Gasteiger partial charge in [0.25, 0.3) is 5.91 Å². The monoisotopic (exact) mass is 358 g/mol. The Balaban J connectivity index is 1.69. The summed E-state index contributed by atoms with van der Waals surface area (Å²) in [5.74, 6) is -1.02. The van der Waals surface area contributed by atoms with E-state index in [1.165, 1.54) is 12.5 Å². The minimum absolute atomic E-state index is 0.290. The van der Waals surface area contributed by atoms with Gasteiger partial charge in [0.05, 0.1) is 5.56 Å². The Labute approximate surface area is 148 Å². The SMILES string of the molecule is CCC(OC(=O)c1ccc2ncoc2c1)C(=O)Nc1cccc(Cl)c1. The molecule has 7 heteroatoms. The van der Waals surface area contributed by atoms with Gasteiger partial charge in [-0.25, -0.2) is 9.78 Å². The van der Waals surface area contributed by atoms with Crippen molar-refractivity contribution in [2.75, 3.05) is 5.32 Å². The minimum Gasteiger partial charge on any atom is -0.449 e. The lowest BCUT2D eigenvalue weighted by Crippen LogP contribution is -2.32. The molecule has 1 heterocycles. The molecular weight excluding hydrogens is 344 g/mol. The molecule has 1 amide bonds. The van der Waals surface area contributed by atoms with Gasteiger partial charge in [0.15, 0.2) is 18.1 Å². The molecule has 0 saturated heterocycles. The number of amides is 1. The Morgan fingerprint density at radius 1 is 1.28 bits per heavy atom. The Kier molecular flexibility index (Phi) is 5.00. The number of rotatable bonds is 5. The summed E-state index contributed by atoms with van der Waals surface area (Å²) in [6.07, 6.45) is 0.715. The number of oxazole rings is 1. The summed E-state index contributed by atoms with van der Waals surface area (Å²) in [6.45, 7) is 1.76. The van der Waals surface area contributed by atoms with Crippen molar-refractivity contribution in [3.63, 3.8) is 0 Å². The van der Waals surface area contributed by atoms with Gasteiger partial charge in [-0.05, 0) is 42.8 Å². The Morgan fingerprint density at radius 3 is 2.88 bits per heavy atom. The van der Waals surface area contributed by atoms with Crippen molar-refractivity contribution in [3.8, 4) is 0 Å². The molecule has 0 spiro atoms. The number of esters is 1. The fourth-order valence-corrected chi connectivity index (χ4v) is 2.48. The summed E-state index contributed by atoms with van der Waals surface area (Å²) in [4.78, 5) is 28.6. The number of aromatic nitrogens is 1. The molecule has 1 atom stereocenters. The molecule has 0 fully saturated rings. The van der Waals surface area contributed by atoms with Crippen molar-refractivity contribution in [2.45, 2.75) is 19.4 Å². The van der Waals surface area contributed by atoms with Crippen molar-refractivity contribution in [2.24, 2.45) is 0 Å². The first-order valence-corrected chi connectivity index (χ1v) is 8.05. The van der Waals surface area contributed by atoms with Crippen LogP contribution in [0.3, 0.4) is 0 Å². The highest BCUT2D eigenvalue weighted by atomic mass is 35.5. The zero-order valence-electron chi connectivity index (χ0n) is 13.4. The number of hydrogen-bond acceptors (Lipinski definition) is 5. The predicted molar refractivity (Wildman–Crippen MR) is 93.6 cm³/mol. The van der Waals surface area contributed by atoms with E-state index < -0.39 is 18.0 Å². The van der Waals surface area contributed by atoms with E-state index in [0.29, 0.717) is 33.8 Å². The lowest BCUT2D eigenvalue weighted by Gasteiger charge is -2.16. The number of benzene rings is 2. The third-order valence-electron chi connectivity index (χ3n) is 3.57. The fraction of sp³-hybridized carbons (Fsp3) is 0.167. The highest BCUT2D eigenvalue weighted by Gasteiger charge is 2.22. The van der Waals surface area contributed by atoms with Crippen LogP contribution in [0.5, 0.6) is 0 Å². The van der Waals surface area contributed by atoms with Crippen LogP contribution in [-0.2, 0) is 9.53 Å². The van der Waals surface area contributed by atoms with E-state index in [1.807, 2.05) is 0 Å². The second-order valence-corrected chi connectivity index (χ2v) is 5.77. The first-order valence-electron chi connectivity index (χ1n) is 7.67. The summed E-state index contributed by atoms with van der Waals surface area (Å²) in [6, 6.07) is 11.5. The standard InChI is InChI=1S/C18H15ClN2O4/c1-2-15(17(22)21-13-5-3-4-12(19)9-13)25-18(23)11-6-7-14-16(8-11)24-10-20-14/h3-10,15H,2H2,1H3,(H,21,22). The Morgan fingerprint density at radius 2 is 2.12 bits per heavy atom. The van der Waals surface area contributed by atoms with Crippen LogP contribution >= 0.6 is 11.6 Å². The molecular formula is C18H15ClN2O4. The maximum Gasteiger partial charge on any atom is 0.339 e. The van der Waals surface area contributed by atoms with Gasteiger partial charge in [0.1, 0.15) is 5.52 Å². The van der Waals surface area contributed by atoms with E-state index in [1.54, 1.807) is 43.3 Å². The topological polar surface area (TPSA) is 81.4 Å². The van der Waals surface area contributed by atoms with Crippen molar-refractivity contribution < 1.29 is 18.7 Å². The van der Waals surface area contributed by atoms with Crippen molar-refractivity contribution in [1.82, 2.24) is 4.98 Å². The number of ether oxygens (including phenoxy) is 1. The third-order valence-corrected chi connectivity index (χ3v) is 3.81. The number of nitrogens with one attached hydrogen (secondary N) is 1. The van der Waals surface area contributed by atoms with E-state index in [4.69, 9.17) is 20.8 Å². The molecule has 25 heavy (non-hydrogen) atoms. The van der Waals surface area contributed by atoms with E-state index in [-0.39, 0.29) is 0 Å². The van der Waals surface area contributed by atoms with Gasteiger partial charge in [0, 0.05) is 10.7 Å². The quantitative estimate of drug-likeness (QED) is 0.696. The van der Waals surface area contributed by atoms with E-state index in [2.05, 4.69) is 10.3 Å². The molecule has 1 N–H and O–H groups in total. The zero-order chi connectivity index (χ0) is 17.8. The van der Waals surface area contributed by atoms with Gasteiger partial charge in [-0.1, -0.05) is 24.6 Å². The number of anilines is 1. The summed E-state index contributed by atoms with van der Waals surface area (Å²) < 4.78 is 10.5. The summed E-state index contributed by atoms with van der Waals surface area (Å²) in [5, 5.41) is 3.19. The predicted octanol–water partition coefficient (Wildman–Crippen LogP) is 4.06. The highest BCUT2D eigenvalue weighted by Crippen LogP contribution is 2.18. The van der Waals surface area contributed by atoms with E-state index in [0.717, 1.165) is 0 Å². The molecule has 128 valence electrons. The van der Waals surface area contributed by atoms with Gasteiger partial charge in [0.2, 0.25) is 0 Å². The third kappa shape index (κ3) is 3.97. The second kappa shape index (κ2) is 7.36. The lowest BCUT2D eigenvalue weighted by atomic mass is 10.2. The molecule has 0 bridgehead atoms. The van der Waals surface area contributed by atoms with Crippen LogP contribution in [0, 0.1) is 0 Å². The second-order valence-electron chi connectivity index (χ2n) is 5.34. The highest BCUT2D eigenvalue weighted by molar-refractivity contribution is 6.30. The number of hydrogen-bond donors (Lipinski definition) is 1.